The number of hydrogen-bond donors (Lipinski definition) is 1. The van der Waals surface area contributed by atoms with Crippen LogP contribution in [0.1, 0.15) is 36.3 Å². The highest BCUT2D eigenvalue weighted by atomic mass is 16.3. The first kappa shape index (κ1) is 12.9. The highest BCUT2D eigenvalue weighted by molar-refractivity contribution is 5.82. The second kappa shape index (κ2) is 5.51. The third-order valence-corrected chi connectivity index (χ3v) is 3.76. The first-order valence-corrected chi connectivity index (χ1v) is 6.84. The summed E-state index contributed by atoms with van der Waals surface area (Å²) >= 11 is 0. The minimum absolute atomic E-state index is 0.0594. The first-order chi connectivity index (χ1) is 9.77. The van der Waals surface area contributed by atoms with Crippen LogP contribution in [-0.2, 0) is 4.79 Å². The van der Waals surface area contributed by atoms with E-state index in [0.717, 1.165) is 18.6 Å². The fourth-order valence-corrected chi connectivity index (χ4v) is 2.74. The molecule has 1 N–H and O–H groups in total. The number of aliphatic hydroxyl groups is 1. The number of amides is 1. The molecule has 4 nitrogen and oxygen atoms in total. The van der Waals surface area contributed by atoms with Crippen LogP contribution in [0, 0.1) is 0 Å². The Labute approximate surface area is 117 Å². The van der Waals surface area contributed by atoms with E-state index in [2.05, 4.69) is 0 Å². The minimum Gasteiger partial charge on any atom is -0.467 e. The van der Waals surface area contributed by atoms with Crippen LogP contribution in [0.2, 0.25) is 0 Å². The van der Waals surface area contributed by atoms with Crippen molar-refractivity contribution >= 4 is 5.91 Å². The van der Waals surface area contributed by atoms with Gasteiger partial charge in [0.25, 0.3) is 5.91 Å². The van der Waals surface area contributed by atoms with Crippen molar-refractivity contribution in [1.82, 2.24) is 4.90 Å². The van der Waals surface area contributed by atoms with Gasteiger partial charge in [-0.05, 0) is 30.5 Å². The summed E-state index contributed by atoms with van der Waals surface area (Å²) in [6.45, 7) is 0.661. The smallest absolute Gasteiger partial charge is 0.256 e. The summed E-state index contributed by atoms with van der Waals surface area (Å²) in [5.74, 6) is 0.534. The van der Waals surface area contributed by atoms with E-state index in [4.69, 9.17) is 4.42 Å². The second-order valence-electron chi connectivity index (χ2n) is 5.02. The number of likely N-dealkylation sites (tertiary alicyclic amines) is 1. The standard InChI is InChI=1S/C16H17NO3/c18-15(12-6-2-1-3-7-12)16(19)17-10-4-8-13(17)14-9-5-11-20-14/h1-3,5-7,9,11,13,15,18H,4,8,10H2/t13-,15-/m1/s1. The van der Waals surface area contributed by atoms with Gasteiger partial charge in [-0.2, -0.15) is 0 Å². The molecule has 0 aliphatic carbocycles. The Balaban J connectivity index is 1.79. The molecule has 1 saturated heterocycles. The van der Waals surface area contributed by atoms with Crippen molar-refractivity contribution in [2.24, 2.45) is 0 Å². The van der Waals surface area contributed by atoms with Gasteiger partial charge in [0.1, 0.15) is 5.76 Å². The molecule has 2 aromatic rings. The Morgan fingerprint density at radius 3 is 2.75 bits per heavy atom. The Bertz CT molecular complexity index is 565. The maximum atomic E-state index is 12.5. The molecule has 1 fully saturated rings. The zero-order chi connectivity index (χ0) is 13.9. The quantitative estimate of drug-likeness (QED) is 0.933. The largest absolute Gasteiger partial charge is 0.467 e. The molecule has 4 heteroatoms. The van der Waals surface area contributed by atoms with E-state index in [1.165, 1.54) is 0 Å². The lowest BCUT2D eigenvalue weighted by Crippen LogP contribution is -2.34. The van der Waals surface area contributed by atoms with Gasteiger partial charge in [-0.25, -0.2) is 0 Å². The Morgan fingerprint density at radius 1 is 1.25 bits per heavy atom. The average Bonchev–Trinajstić information content (AvgIpc) is 3.16. The zero-order valence-corrected chi connectivity index (χ0v) is 11.1. The van der Waals surface area contributed by atoms with Crippen LogP contribution in [-0.4, -0.2) is 22.5 Å². The predicted octanol–water partition coefficient (Wildman–Crippen LogP) is 2.68. The highest BCUT2D eigenvalue weighted by Gasteiger charge is 2.35. The van der Waals surface area contributed by atoms with Crippen molar-refractivity contribution in [3.8, 4) is 0 Å². The topological polar surface area (TPSA) is 53.7 Å². The molecule has 0 spiro atoms. The van der Waals surface area contributed by atoms with Crippen molar-refractivity contribution in [3.05, 3.63) is 60.1 Å². The summed E-state index contributed by atoms with van der Waals surface area (Å²) in [4.78, 5) is 14.2. The normalized spacial score (nSPS) is 20.1. The number of nitrogens with zero attached hydrogens (tertiary/aromatic N) is 1. The molecule has 1 amide bonds. The van der Waals surface area contributed by atoms with Crippen molar-refractivity contribution in [2.45, 2.75) is 25.0 Å². The monoisotopic (exact) mass is 271 g/mol. The molecule has 0 saturated carbocycles. The Hall–Kier alpha value is -2.07. The summed E-state index contributed by atoms with van der Waals surface area (Å²) in [6.07, 6.45) is 2.32. The van der Waals surface area contributed by atoms with E-state index in [9.17, 15) is 9.90 Å². The molecule has 0 radical (unpaired) electrons. The molecule has 1 aromatic heterocycles. The van der Waals surface area contributed by atoms with Gasteiger partial charge in [-0.1, -0.05) is 30.3 Å². The average molecular weight is 271 g/mol. The molecule has 1 aliphatic rings. The van der Waals surface area contributed by atoms with Crippen molar-refractivity contribution in [3.63, 3.8) is 0 Å². The van der Waals surface area contributed by atoms with Gasteiger partial charge in [0.15, 0.2) is 6.10 Å². The molecule has 2 atom stereocenters. The van der Waals surface area contributed by atoms with Crippen LogP contribution >= 0.6 is 0 Å². The van der Waals surface area contributed by atoms with Gasteiger partial charge in [0.2, 0.25) is 0 Å². The third-order valence-electron chi connectivity index (χ3n) is 3.76. The van der Waals surface area contributed by atoms with Gasteiger partial charge in [0, 0.05) is 6.54 Å². The Kier molecular flexibility index (Phi) is 3.56. The molecular weight excluding hydrogens is 254 g/mol. The van der Waals surface area contributed by atoms with Crippen LogP contribution in [0.25, 0.3) is 0 Å². The first-order valence-electron chi connectivity index (χ1n) is 6.84. The molecular formula is C16H17NO3. The van der Waals surface area contributed by atoms with Crippen LogP contribution in [0.5, 0.6) is 0 Å². The van der Waals surface area contributed by atoms with Crippen LogP contribution in [0.15, 0.2) is 53.1 Å². The molecule has 0 unspecified atom stereocenters. The van der Waals surface area contributed by atoms with Crippen molar-refractivity contribution < 1.29 is 14.3 Å². The number of furan rings is 1. The summed E-state index contributed by atoms with van der Waals surface area (Å²) in [5, 5.41) is 10.2. The van der Waals surface area contributed by atoms with E-state index in [1.807, 2.05) is 30.3 Å². The van der Waals surface area contributed by atoms with Gasteiger partial charge in [0.05, 0.1) is 12.3 Å². The summed E-state index contributed by atoms with van der Waals surface area (Å²) in [5.41, 5.74) is 0.627. The second-order valence-corrected chi connectivity index (χ2v) is 5.02. The fourth-order valence-electron chi connectivity index (χ4n) is 2.74. The lowest BCUT2D eigenvalue weighted by Gasteiger charge is -2.25. The fraction of sp³-hybridized carbons (Fsp3) is 0.312. The van der Waals surface area contributed by atoms with E-state index >= 15 is 0 Å². The number of rotatable bonds is 3. The molecule has 20 heavy (non-hydrogen) atoms. The summed E-state index contributed by atoms with van der Waals surface area (Å²) in [7, 11) is 0. The maximum absolute atomic E-state index is 12.5. The highest BCUT2D eigenvalue weighted by Crippen LogP contribution is 2.34. The van der Waals surface area contributed by atoms with E-state index in [0.29, 0.717) is 12.1 Å². The van der Waals surface area contributed by atoms with Gasteiger partial charge < -0.3 is 14.4 Å². The molecule has 104 valence electrons. The number of benzene rings is 1. The van der Waals surface area contributed by atoms with Gasteiger partial charge in [-0.3, -0.25) is 4.79 Å². The SMILES string of the molecule is O=C([C@H](O)c1ccccc1)N1CCC[C@@H]1c1ccco1. The maximum Gasteiger partial charge on any atom is 0.256 e. The van der Waals surface area contributed by atoms with Crippen molar-refractivity contribution in [1.29, 1.82) is 0 Å². The van der Waals surface area contributed by atoms with E-state index < -0.39 is 6.10 Å². The summed E-state index contributed by atoms with van der Waals surface area (Å²) in [6, 6.07) is 12.7. The zero-order valence-electron chi connectivity index (χ0n) is 11.1. The minimum atomic E-state index is -1.10. The lowest BCUT2D eigenvalue weighted by molar-refractivity contribution is -0.141. The molecule has 1 aliphatic heterocycles. The lowest BCUT2D eigenvalue weighted by atomic mass is 10.1. The predicted molar refractivity (Wildman–Crippen MR) is 73.8 cm³/mol. The molecule has 0 bridgehead atoms. The summed E-state index contributed by atoms with van der Waals surface area (Å²) < 4.78 is 5.41. The number of carbonyl (C=O) groups is 1. The molecule has 3 rings (SSSR count). The number of carbonyl (C=O) groups excluding carboxylic acids is 1. The number of hydrogen-bond acceptors (Lipinski definition) is 3. The van der Waals surface area contributed by atoms with Gasteiger partial charge >= 0.3 is 0 Å². The molecule has 1 aromatic carbocycles. The van der Waals surface area contributed by atoms with Crippen molar-refractivity contribution in [2.75, 3.05) is 6.54 Å². The van der Waals surface area contributed by atoms with Crippen LogP contribution in [0.4, 0.5) is 0 Å². The van der Waals surface area contributed by atoms with Crippen LogP contribution < -0.4 is 0 Å². The third kappa shape index (κ3) is 2.34. The van der Waals surface area contributed by atoms with E-state index in [-0.39, 0.29) is 11.9 Å². The molecule has 2 heterocycles. The van der Waals surface area contributed by atoms with E-state index in [1.54, 1.807) is 23.3 Å². The number of aliphatic hydroxyl groups excluding tert-OH is 1. The Morgan fingerprint density at radius 2 is 2.05 bits per heavy atom. The van der Waals surface area contributed by atoms with Gasteiger partial charge in [-0.15, -0.1) is 0 Å². The van der Waals surface area contributed by atoms with Crippen LogP contribution in [0.3, 0.4) is 0 Å².